The highest BCUT2D eigenvalue weighted by molar-refractivity contribution is 6.78. The zero-order chi connectivity index (χ0) is 27.2. The number of fused-ring (bicyclic) bond motifs is 2. The van der Waals surface area contributed by atoms with Crippen molar-refractivity contribution in [3.8, 4) is 5.75 Å². The van der Waals surface area contributed by atoms with Gasteiger partial charge in [-0.25, -0.2) is 14.4 Å². The first-order valence-corrected chi connectivity index (χ1v) is 16.7. The van der Waals surface area contributed by atoms with E-state index in [0.717, 1.165) is 55.7 Å². The van der Waals surface area contributed by atoms with Gasteiger partial charge in [-0.1, -0.05) is 59.7 Å². The minimum Gasteiger partial charge on any atom is -0.543 e. The predicted molar refractivity (Wildman–Crippen MR) is 154 cm³/mol. The van der Waals surface area contributed by atoms with E-state index in [4.69, 9.17) is 8.95 Å². The number of halogens is 1. The largest absolute Gasteiger partial charge is 0.543 e. The maximum Gasteiger partial charge on any atom is 0.258 e. The molecule has 38 heavy (non-hydrogen) atoms. The lowest BCUT2D eigenvalue weighted by molar-refractivity contribution is -0.0749. The van der Waals surface area contributed by atoms with Crippen LogP contribution in [0.4, 0.5) is 4.39 Å². The Morgan fingerprint density at radius 1 is 1.00 bits per heavy atom. The van der Waals surface area contributed by atoms with Gasteiger partial charge in [0.25, 0.3) is 8.32 Å². The number of nitrogens with zero attached hydrogens (tertiary/aromatic N) is 3. The molecule has 0 N–H and O–H groups in total. The third-order valence-electron chi connectivity index (χ3n) is 9.24. The van der Waals surface area contributed by atoms with Crippen LogP contribution in [-0.4, -0.2) is 36.6 Å². The number of hydrazine groups is 1. The third-order valence-corrected chi connectivity index (χ3v) is 15.2. The van der Waals surface area contributed by atoms with Crippen LogP contribution >= 0.6 is 0 Å². The Hall–Kier alpha value is -2.22. The molecular weight excluding hydrogens is 493 g/mol. The molecule has 5 rings (SSSR count). The number of hydrogen-bond donors (Lipinski definition) is 0. The van der Waals surface area contributed by atoms with E-state index in [1.54, 1.807) is 12.1 Å². The molecule has 3 aromatic rings. The Balaban J connectivity index is 1.31. The third kappa shape index (κ3) is 4.71. The Kier molecular flexibility index (Phi) is 7.73. The normalized spacial score (nSPS) is 19.8. The van der Waals surface area contributed by atoms with Crippen LogP contribution in [0.15, 0.2) is 40.9 Å². The van der Waals surface area contributed by atoms with Gasteiger partial charge in [0.15, 0.2) is 5.58 Å². The second-order valence-corrected chi connectivity index (χ2v) is 17.6. The number of rotatable bonds is 8. The van der Waals surface area contributed by atoms with Crippen molar-refractivity contribution in [1.29, 1.82) is 0 Å². The summed E-state index contributed by atoms with van der Waals surface area (Å²) >= 11 is 0. The van der Waals surface area contributed by atoms with Gasteiger partial charge < -0.3 is 8.95 Å². The first kappa shape index (κ1) is 27.3. The smallest absolute Gasteiger partial charge is 0.258 e. The highest BCUT2D eigenvalue weighted by atomic mass is 28.4. The van der Waals surface area contributed by atoms with Gasteiger partial charge in [0.05, 0.1) is 5.69 Å². The zero-order valence-electron chi connectivity index (χ0n) is 24.1. The molecule has 2 aliphatic heterocycles. The monoisotopic (exact) mass is 537 g/mol. The van der Waals surface area contributed by atoms with Gasteiger partial charge in [-0.3, -0.25) is 0 Å². The fourth-order valence-electron chi connectivity index (χ4n) is 7.46. The van der Waals surface area contributed by atoms with Crippen LogP contribution in [-0.2, 0) is 6.54 Å². The summed E-state index contributed by atoms with van der Waals surface area (Å²) in [4.78, 5) is 0. The van der Waals surface area contributed by atoms with Gasteiger partial charge in [0.2, 0.25) is 0 Å². The number of aromatic nitrogens is 1. The molecule has 206 valence electrons. The van der Waals surface area contributed by atoms with Crippen LogP contribution < -0.4 is 4.43 Å². The Morgan fingerprint density at radius 3 is 2.32 bits per heavy atom. The van der Waals surface area contributed by atoms with Gasteiger partial charge in [0.1, 0.15) is 11.6 Å². The first-order chi connectivity index (χ1) is 18.1. The summed E-state index contributed by atoms with van der Waals surface area (Å²) in [6, 6.07) is 11.9. The molecule has 1 fully saturated rings. The molecule has 0 spiro atoms. The van der Waals surface area contributed by atoms with Crippen molar-refractivity contribution in [3.63, 3.8) is 0 Å². The lowest BCUT2D eigenvalue weighted by Gasteiger charge is -2.42. The van der Waals surface area contributed by atoms with Gasteiger partial charge in [-0.05, 0) is 77.3 Å². The molecule has 0 amide bonds. The van der Waals surface area contributed by atoms with E-state index in [1.807, 2.05) is 0 Å². The molecule has 0 bridgehead atoms. The van der Waals surface area contributed by atoms with Gasteiger partial charge in [0, 0.05) is 37.0 Å². The summed E-state index contributed by atoms with van der Waals surface area (Å²) in [6.07, 6.45) is 3.05. The summed E-state index contributed by atoms with van der Waals surface area (Å²) < 4.78 is 26.4. The molecular formula is C31H44FN3O2Si. The van der Waals surface area contributed by atoms with E-state index in [2.05, 4.69) is 81.8 Å². The Labute approximate surface area is 228 Å². The molecule has 0 radical (unpaired) electrons. The summed E-state index contributed by atoms with van der Waals surface area (Å²) in [5.74, 6) is 1.10. The van der Waals surface area contributed by atoms with E-state index in [0.29, 0.717) is 34.2 Å². The molecule has 3 heterocycles. The number of benzene rings is 2. The summed E-state index contributed by atoms with van der Waals surface area (Å²) in [7, 11) is -1.99. The fourth-order valence-corrected chi connectivity index (χ4v) is 12.7. The molecule has 1 saturated heterocycles. The van der Waals surface area contributed by atoms with Crippen molar-refractivity contribution in [2.75, 3.05) is 13.1 Å². The lowest BCUT2D eigenvalue weighted by atomic mass is 9.92. The van der Waals surface area contributed by atoms with E-state index >= 15 is 0 Å². The van der Waals surface area contributed by atoms with Crippen LogP contribution in [0.2, 0.25) is 16.6 Å². The molecule has 2 aliphatic rings. The van der Waals surface area contributed by atoms with Gasteiger partial charge >= 0.3 is 0 Å². The number of hydrogen-bond acceptors (Lipinski definition) is 5. The second-order valence-electron chi connectivity index (χ2n) is 12.2. The SMILES string of the molecule is CCC1c2ccc(O[Si](C(C)C)(C(C)C)C(C)C)cc2CN1N1CCC(c2noc3ccc(F)cc23)CC1. The topological polar surface area (TPSA) is 41.7 Å². The molecule has 1 aromatic heterocycles. The highest BCUT2D eigenvalue weighted by Crippen LogP contribution is 2.45. The van der Waals surface area contributed by atoms with E-state index in [-0.39, 0.29) is 5.82 Å². The minimum atomic E-state index is -1.99. The second kappa shape index (κ2) is 10.7. The van der Waals surface area contributed by atoms with E-state index < -0.39 is 8.32 Å². The molecule has 0 aliphatic carbocycles. The maximum atomic E-state index is 13.9. The summed E-state index contributed by atoms with van der Waals surface area (Å²) in [5.41, 5.74) is 6.06. The van der Waals surface area contributed by atoms with Crippen molar-refractivity contribution in [3.05, 3.63) is 59.0 Å². The maximum absolute atomic E-state index is 13.9. The minimum absolute atomic E-state index is 0.238. The summed E-state index contributed by atoms with van der Waals surface area (Å²) in [5, 5.41) is 10.3. The highest BCUT2D eigenvalue weighted by Gasteiger charge is 2.47. The molecule has 1 unspecified atom stereocenters. The Bertz CT molecular complexity index is 1240. The lowest BCUT2D eigenvalue weighted by Crippen LogP contribution is -2.50. The van der Waals surface area contributed by atoms with E-state index in [9.17, 15) is 4.39 Å². The summed E-state index contributed by atoms with van der Waals surface area (Å²) in [6.45, 7) is 19.2. The van der Waals surface area contributed by atoms with Crippen molar-refractivity contribution >= 4 is 19.3 Å². The number of piperidine rings is 1. The van der Waals surface area contributed by atoms with Crippen molar-refractivity contribution in [2.45, 2.75) is 103 Å². The Morgan fingerprint density at radius 2 is 1.68 bits per heavy atom. The van der Waals surface area contributed by atoms with E-state index in [1.165, 1.54) is 17.2 Å². The van der Waals surface area contributed by atoms with Gasteiger partial charge in [-0.2, -0.15) is 0 Å². The van der Waals surface area contributed by atoms with Crippen LogP contribution in [0.1, 0.15) is 96.5 Å². The van der Waals surface area contributed by atoms with Crippen LogP contribution in [0.25, 0.3) is 11.0 Å². The van der Waals surface area contributed by atoms with Crippen LogP contribution in [0.3, 0.4) is 0 Å². The fraction of sp³-hybridized carbons (Fsp3) is 0.581. The van der Waals surface area contributed by atoms with Crippen LogP contribution in [0, 0.1) is 5.82 Å². The molecule has 5 nitrogen and oxygen atoms in total. The zero-order valence-corrected chi connectivity index (χ0v) is 25.1. The molecule has 7 heteroatoms. The molecule has 1 atom stereocenters. The molecule has 0 saturated carbocycles. The standard InChI is InChI=1S/C31H44FN3O2Si/c1-8-29-27-11-10-26(37-38(20(2)3,21(4)5)22(6)7)17-24(27)19-35(29)34-15-13-23(14-16-34)31-28-18-25(32)9-12-30(28)36-33-31/h9-12,17-18,20-23,29H,8,13-16,19H2,1-7H3. The van der Waals surface area contributed by atoms with Crippen molar-refractivity contribution < 1.29 is 13.3 Å². The molecule has 2 aromatic carbocycles. The van der Waals surface area contributed by atoms with Crippen molar-refractivity contribution in [2.24, 2.45) is 0 Å². The van der Waals surface area contributed by atoms with Gasteiger partial charge in [-0.15, -0.1) is 0 Å². The van der Waals surface area contributed by atoms with Crippen molar-refractivity contribution in [1.82, 2.24) is 15.2 Å². The van der Waals surface area contributed by atoms with Crippen LogP contribution in [0.5, 0.6) is 5.75 Å². The first-order valence-electron chi connectivity index (χ1n) is 14.5. The average Bonchev–Trinajstić information content (AvgIpc) is 3.47. The predicted octanol–water partition coefficient (Wildman–Crippen LogP) is 8.58. The quantitative estimate of drug-likeness (QED) is 0.269. The average molecular weight is 538 g/mol.